The highest BCUT2D eigenvalue weighted by molar-refractivity contribution is 5.87. The molecule has 0 N–H and O–H groups in total. The van der Waals surface area contributed by atoms with Crippen molar-refractivity contribution in [1.82, 2.24) is 4.90 Å². The molecule has 3 nitrogen and oxygen atoms in total. The predicted octanol–water partition coefficient (Wildman–Crippen LogP) is 5.41. The average molecular weight is 400 g/mol. The van der Waals surface area contributed by atoms with Crippen LogP contribution in [0.1, 0.15) is 42.4 Å². The summed E-state index contributed by atoms with van der Waals surface area (Å²) in [6.07, 6.45) is 1.94. The molecule has 0 aliphatic carbocycles. The van der Waals surface area contributed by atoms with Gasteiger partial charge in [0.25, 0.3) is 0 Å². The summed E-state index contributed by atoms with van der Waals surface area (Å²) in [5.41, 5.74) is 3.28. The van der Waals surface area contributed by atoms with Crippen LogP contribution in [0.3, 0.4) is 0 Å². The molecule has 3 heteroatoms. The van der Waals surface area contributed by atoms with Crippen LogP contribution in [0, 0.1) is 0 Å². The Hall–Kier alpha value is -2.91. The topological polar surface area (TPSA) is 29.5 Å². The van der Waals surface area contributed by atoms with Gasteiger partial charge < -0.3 is 9.64 Å². The molecule has 0 aromatic heterocycles. The molecule has 1 amide bonds. The van der Waals surface area contributed by atoms with E-state index in [1.54, 1.807) is 0 Å². The van der Waals surface area contributed by atoms with Gasteiger partial charge in [-0.25, -0.2) is 0 Å². The van der Waals surface area contributed by atoms with Gasteiger partial charge >= 0.3 is 0 Å². The van der Waals surface area contributed by atoms with E-state index >= 15 is 0 Å². The number of piperidine rings is 1. The summed E-state index contributed by atoms with van der Waals surface area (Å²) in [7, 11) is 0. The molecule has 1 aliphatic heterocycles. The van der Waals surface area contributed by atoms with Gasteiger partial charge in [-0.3, -0.25) is 4.79 Å². The Labute approximate surface area is 179 Å². The molecule has 154 valence electrons. The highest BCUT2D eigenvalue weighted by Crippen LogP contribution is 2.30. The molecular formula is C27H29NO2. The first-order valence-corrected chi connectivity index (χ1v) is 10.8. The van der Waals surface area contributed by atoms with Gasteiger partial charge in [0.05, 0.1) is 18.6 Å². The average Bonchev–Trinajstić information content (AvgIpc) is 2.80. The number of carbonyl (C=O) groups is 1. The van der Waals surface area contributed by atoms with E-state index < -0.39 is 0 Å². The molecule has 2 atom stereocenters. The van der Waals surface area contributed by atoms with Crippen LogP contribution in [0.15, 0.2) is 91.0 Å². The predicted molar refractivity (Wildman–Crippen MR) is 120 cm³/mol. The Morgan fingerprint density at radius 1 is 0.900 bits per heavy atom. The Kier molecular flexibility index (Phi) is 6.60. The molecule has 0 bridgehead atoms. The summed E-state index contributed by atoms with van der Waals surface area (Å²) in [6, 6.07) is 30.6. The zero-order valence-electron chi connectivity index (χ0n) is 17.5. The number of hydrogen-bond donors (Lipinski definition) is 0. The van der Waals surface area contributed by atoms with Crippen molar-refractivity contribution in [1.29, 1.82) is 0 Å². The van der Waals surface area contributed by atoms with Crippen molar-refractivity contribution in [3.8, 4) is 0 Å². The van der Waals surface area contributed by atoms with E-state index in [1.807, 2.05) is 59.5 Å². The number of nitrogens with zero attached hydrogens (tertiary/aromatic N) is 1. The van der Waals surface area contributed by atoms with E-state index in [2.05, 4.69) is 43.3 Å². The lowest BCUT2D eigenvalue weighted by atomic mass is 9.88. The van der Waals surface area contributed by atoms with Gasteiger partial charge in [-0.15, -0.1) is 0 Å². The van der Waals surface area contributed by atoms with Gasteiger partial charge in [0.15, 0.2) is 0 Å². The van der Waals surface area contributed by atoms with Crippen molar-refractivity contribution in [2.24, 2.45) is 0 Å². The zero-order chi connectivity index (χ0) is 20.8. The quantitative estimate of drug-likeness (QED) is 0.554. The van der Waals surface area contributed by atoms with Crippen molar-refractivity contribution in [2.75, 3.05) is 6.54 Å². The highest BCUT2D eigenvalue weighted by Gasteiger charge is 2.34. The number of amides is 1. The first kappa shape index (κ1) is 20.4. The Balaban J connectivity index is 1.45. The number of carbonyl (C=O) groups excluding carboxylic acids is 1. The zero-order valence-corrected chi connectivity index (χ0v) is 17.5. The summed E-state index contributed by atoms with van der Waals surface area (Å²) in [6.45, 7) is 3.50. The second-order valence-corrected chi connectivity index (χ2v) is 8.08. The van der Waals surface area contributed by atoms with Crippen LogP contribution in [-0.2, 0) is 16.1 Å². The minimum absolute atomic E-state index is 0.155. The van der Waals surface area contributed by atoms with E-state index in [-0.39, 0.29) is 24.0 Å². The van der Waals surface area contributed by atoms with E-state index in [0.717, 1.165) is 30.5 Å². The fourth-order valence-electron chi connectivity index (χ4n) is 4.33. The summed E-state index contributed by atoms with van der Waals surface area (Å²) in [4.78, 5) is 15.7. The minimum atomic E-state index is -0.267. The molecule has 3 aromatic carbocycles. The third-order valence-electron chi connectivity index (χ3n) is 5.95. The molecule has 4 rings (SSSR count). The van der Waals surface area contributed by atoms with Crippen LogP contribution in [0.2, 0.25) is 0 Å². The third kappa shape index (κ3) is 4.80. The molecule has 3 aromatic rings. The van der Waals surface area contributed by atoms with Gasteiger partial charge in [-0.1, -0.05) is 91.0 Å². The van der Waals surface area contributed by atoms with Gasteiger partial charge in [-0.05, 0) is 36.5 Å². The van der Waals surface area contributed by atoms with E-state index in [1.165, 1.54) is 5.56 Å². The number of likely N-dealkylation sites (tertiary alicyclic amines) is 1. The van der Waals surface area contributed by atoms with Crippen molar-refractivity contribution >= 4 is 5.91 Å². The number of rotatable bonds is 6. The van der Waals surface area contributed by atoms with Gasteiger partial charge in [0.2, 0.25) is 5.91 Å². The van der Waals surface area contributed by atoms with Crippen molar-refractivity contribution in [2.45, 2.75) is 44.4 Å². The molecule has 0 radical (unpaired) electrons. The molecule has 1 heterocycles. The monoisotopic (exact) mass is 399 g/mol. The molecule has 30 heavy (non-hydrogen) atoms. The maximum Gasteiger partial charge on any atom is 0.234 e. The molecule has 1 fully saturated rings. The van der Waals surface area contributed by atoms with E-state index in [9.17, 15) is 4.79 Å². The summed E-state index contributed by atoms with van der Waals surface area (Å²) < 4.78 is 6.16. The molecular weight excluding hydrogens is 370 g/mol. The number of ether oxygens (including phenoxy) is 1. The highest BCUT2D eigenvalue weighted by atomic mass is 16.5. The first-order chi connectivity index (χ1) is 14.7. The first-order valence-electron chi connectivity index (χ1n) is 10.8. The smallest absolute Gasteiger partial charge is 0.234 e. The van der Waals surface area contributed by atoms with Gasteiger partial charge in [0, 0.05) is 12.6 Å². The fourth-order valence-corrected chi connectivity index (χ4v) is 4.33. The van der Waals surface area contributed by atoms with E-state index in [0.29, 0.717) is 6.61 Å². The maximum absolute atomic E-state index is 13.7. The summed E-state index contributed by atoms with van der Waals surface area (Å²) >= 11 is 0. The lowest BCUT2D eigenvalue weighted by Crippen LogP contribution is -2.48. The molecule has 0 spiro atoms. The van der Waals surface area contributed by atoms with Gasteiger partial charge in [-0.2, -0.15) is 0 Å². The van der Waals surface area contributed by atoms with Crippen LogP contribution < -0.4 is 0 Å². The fraction of sp³-hybridized carbons (Fsp3) is 0.296. The molecule has 0 saturated carbocycles. The van der Waals surface area contributed by atoms with Crippen LogP contribution >= 0.6 is 0 Å². The summed E-state index contributed by atoms with van der Waals surface area (Å²) in [5.74, 6) is -0.0851. The van der Waals surface area contributed by atoms with Gasteiger partial charge in [0.1, 0.15) is 0 Å². The minimum Gasteiger partial charge on any atom is -0.373 e. The number of benzene rings is 3. The maximum atomic E-state index is 13.7. The van der Waals surface area contributed by atoms with Crippen LogP contribution in [0.4, 0.5) is 0 Å². The van der Waals surface area contributed by atoms with Crippen LogP contribution in [0.25, 0.3) is 0 Å². The lowest BCUT2D eigenvalue weighted by Gasteiger charge is -2.39. The van der Waals surface area contributed by atoms with Crippen LogP contribution in [0.5, 0.6) is 0 Å². The lowest BCUT2D eigenvalue weighted by molar-refractivity contribution is -0.137. The Bertz CT molecular complexity index is 887. The normalized spacial score (nSPS) is 19.1. The second-order valence-electron chi connectivity index (χ2n) is 8.08. The molecule has 1 unspecified atom stereocenters. The van der Waals surface area contributed by atoms with Crippen molar-refractivity contribution in [3.63, 3.8) is 0 Å². The second kappa shape index (κ2) is 9.73. The largest absolute Gasteiger partial charge is 0.373 e. The van der Waals surface area contributed by atoms with Crippen LogP contribution in [-0.4, -0.2) is 29.5 Å². The SMILES string of the molecule is C[C@@H]1CC(OCc2ccccc2)CCN1C(=O)C(c1ccccc1)c1ccccc1. The summed E-state index contributed by atoms with van der Waals surface area (Å²) in [5, 5.41) is 0. The number of hydrogen-bond acceptors (Lipinski definition) is 2. The van der Waals surface area contributed by atoms with E-state index in [4.69, 9.17) is 4.74 Å². The Morgan fingerprint density at radius 2 is 1.43 bits per heavy atom. The standard InChI is InChI=1S/C27H29NO2/c1-21-19-25(30-20-22-11-5-2-6-12-22)17-18-28(21)27(29)26(23-13-7-3-8-14-23)24-15-9-4-10-16-24/h2-16,21,25-26H,17-20H2,1H3/t21-,25?/m1/s1. The third-order valence-corrected chi connectivity index (χ3v) is 5.95. The molecule has 1 saturated heterocycles. The van der Waals surface area contributed by atoms with Crippen molar-refractivity contribution in [3.05, 3.63) is 108 Å². The Morgan fingerprint density at radius 3 is 1.97 bits per heavy atom. The van der Waals surface area contributed by atoms with Crippen molar-refractivity contribution < 1.29 is 9.53 Å². The molecule has 1 aliphatic rings.